The Hall–Kier alpha value is -1.60. The van der Waals surface area contributed by atoms with Crippen LogP contribution >= 0.6 is 11.6 Å². The lowest BCUT2D eigenvalue weighted by Gasteiger charge is -2.04. The van der Waals surface area contributed by atoms with Gasteiger partial charge in [-0.15, -0.1) is 0 Å². The maximum Gasteiger partial charge on any atom is 0.371 e. The van der Waals surface area contributed by atoms with Gasteiger partial charge in [0.05, 0.1) is 33.0 Å². The van der Waals surface area contributed by atoms with Crippen LogP contribution in [0.3, 0.4) is 0 Å². The molecule has 6 nitrogen and oxygen atoms in total. The number of carbonyl (C=O) groups is 1. The second-order valence-corrected chi connectivity index (χ2v) is 5.84. The molecule has 0 aromatic carbocycles. The second kappa shape index (κ2) is 5.80. The lowest BCUT2D eigenvalue weighted by atomic mass is 10.4. The molecule has 0 bridgehead atoms. The zero-order chi connectivity index (χ0) is 14.9. The molecular weight excluding hydrogens is 304 g/mol. The zero-order valence-electron chi connectivity index (χ0n) is 10.9. The van der Waals surface area contributed by atoms with Gasteiger partial charge < -0.3 is 9.52 Å². The smallest absolute Gasteiger partial charge is 0.371 e. The SMILES string of the molecule is CCn1nc(C)c(Cl)c1CS(=O)c1ccc(C(=O)O)o1. The second-order valence-electron chi connectivity index (χ2n) is 4.08. The van der Waals surface area contributed by atoms with Crippen LogP contribution in [-0.2, 0) is 23.1 Å². The van der Waals surface area contributed by atoms with Crippen molar-refractivity contribution in [2.75, 3.05) is 0 Å². The van der Waals surface area contributed by atoms with Gasteiger partial charge in [0.15, 0.2) is 5.09 Å². The van der Waals surface area contributed by atoms with Crippen LogP contribution in [0.1, 0.15) is 28.9 Å². The molecule has 1 atom stereocenters. The largest absolute Gasteiger partial charge is 0.475 e. The summed E-state index contributed by atoms with van der Waals surface area (Å²) < 4.78 is 18.9. The van der Waals surface area contributed by atoms with Crippen molar-refractivity contribution in [2.45, 2.75) is 31.2 Å². The maximum absolute atomic E-state index is 12.2. The van der Waals surface area contributed by atoms with E-state index in [9.17, 15) is 9.00 Å². The summed E-state index contributed by atoms with van der Waals surface area (Å²) >= 11 is 6.14. The van der Waals surface area contributed by atoms with Gasteiger partial charge in [-0.2, -0.15) is 5.10 Å². The average molecular weight is 317 g/mol. The van der Waals surface area contributed by atoms with Crippen LogP contribution in [0.15, 0.2) is 21.6 Å². The number of hydrogen-bond donors (Lipinski definition) is 1. The molecule has 1 unspecified atom stereocenters. The summed E-state index contributed by atoms with van der Waals surface area (Å²) in [6, 6.07) is 2.67. The van der Waals surface area contributed by atoms with E-state index in [1.807, 2.05) is 6.92 Å². The topological polar surface area (TPSA) is 85.3 Å². The molecule has 20 heavy (non-hydrogen) atoms. The van der Waals surface area contributed by atoms with E-state index in [4.69, 9.17) is 21.1 Å². The lowest BCUT2D eigenvalue weighted by molar-refractivity contribution is 0.0656. The van der Waals surface area contributed by atoms with E-state index in [0.717, 1.165) is 0 Å². The summed E-state index contributed by atoms with van der Waals surface area (Å²) in [7, 11) is -1.51. The molecule has 2 aromatic rings. The summed E-state index contributed by atoms with van der Waals surface area (Å²) in [4.78, 5) is 10.7. The molecule has 8 heteroatoms. The highest BCUT2D eigenvalue weighted by Gasteiger charge is 2.19. The predicted molar refractivity (Wildman–Crippen MR) is 73.4 cm³/mol. The Morgan fingerprint density at radius 2 is 2.25 bits per heavy atom. The van der Waals surface area contributed by atoms with Crippen molar-refractivity contribution >= 4 is 28.4 Å². The van der Waals surface area contributed by atoms with Crippen molar-refractivity contribution in [3.8, 4) is 0 Å². The van der Waals surface area contributed by atoms with Crippen molar-refractivity contribution in [2.24, 2.45) is 0 Å². The molecule has 2 rings (SSSR count). The van der Waals surface area contributed by atoms with Gasteiger partial charge in [0.1, 0.15) is 0 Å². The highest BCUT2D eigenvalue weighted by molar-refractivity contribution is 7.84. The van der Waals surface area contributed by atoms with Gasteiger partial charge in [-0.05, 0) is 26.0 Å². The third kappa shape index (κ3) is 2.78. The first-order chi connectivity index (χ1) is 9.43. The maximum atomic E-state index is 12.2. The van der Waals surface area contributed by atoms with E-state index < -0.39 is 16.8 Å². The minimum atomic E-state index is -1.51. The molecule has 108 valence electrons. The lowest BCUT2D eigenvalue weighted by Crippen LogP contribution is -2.06. The number of halogens is 1. The Morgan fingerprint density at radius 3 is 2.80 bits per heavy atom. The molecule has 0 aliphatic carbocycles. The molecule has 0 fully saturated rings. The fourth-order valence-electron chi connectivity index (χ4n) is 1.76. The van der Waals surface area contributed by atoms with Crippen molar-refractivity contribution < 1.29 is 18.5 Å². The summed E-state index contributed by atoms with van der Waals surface area (Å²) in [6.07, 6.45) is 0. The number of aromatic carboxylic acids is 1. The molecule has 0 amide bonds. The monoisotopic (exact) mass is 316 g/mol. The molecule has 1 N–H and O–H groups in total. The van der Waals surface area contributed by atoms with E-state index >= 15 is 0 Å². The fraction of sp³-hybridized carbons (Fsp3) is 0.333. The van der Waals surface area contributed by atoms with Gasteiger partial charge >= 0.3 is 5.97 Å². The Bertz CT molecular complexity index is 677. The number of carboxylic acids is 1. The van der Waals surface area contributed by atoms with Gasteiger partial charge in [0.2, 0.25) is 5.76 Å². The Kier molecular flexibility index (Phi) is 4.29. The third-order valence-corrected chi connectivity index (χ3v) is 4.43. The molecule has 0 spiro atoms. The summed E-state index contributed by atoms with van der Waals surface area (Å²) in [6.45, 7) is 4.29. The van der Waals surface area contributed by atoms with Crippen LogP contribution in [-0.4, -0.2) is 25.1 Å². The number of carboxylic acid groups (broad SMARTS) is 1. The van der Waals surface area contributed by atoms with E-state index in [0.29, 0.717) is 23.0 Å². The van der Waals surface area contributed by atoms with Gasteiger partial charge in [0, 0.05) is 6.54 Å². The molecule has 0 saturated carbocycles. The van der Waals surface area contributed by atoms with E-state index in [-0.39, 0.29) is 16.6 Å². The van der Waals surface area contributed by atoms with Crippen molar-refractivity contribution in [3.63, 3.8) is 0 Å². The number of aromatic nitrogens is 2. The molecule has 0 saturated heterocycles. The van der Waals surface area contributed by atoms with Crippen molar-refractivity contribution in [1.29, 1.82) is 0 Å². The van der Waals surface area contributed by atoms with E-state index in [1.165, 1.54) is 12.1 Å². The normalized spacial score (nSPS) is 12.6. The highest BCUT2D eigenvalue weighted by Crippen LogP contribution is 2.24. The first kappa shape index (κ1) is 14.8. The predicted octanol–water partition coefficient (Wildman–Crippen LogP) is 2.46. The number of furan rings is 1. The number of rotatable bonds is 5. The van der Waals surface area contributed by atoms with Crippen molar-refractivity contribution in [3.05, 3.63) is 34.3 Å². The van der Waals surface area contributed by atoms with Crippen LogP contribution in [0.2, 0.25) is 5.02 Å². The fourth-order valence-corrected chi connectivity index (χ4v) is 3.13. The molecule has 2 aromatic heterocycles. The first-order valence-electron chi connectivity index (χ1n) is 5.87. The number of aryl methyl sites for hydroxylation is 2. The minimum Gasteiger partial charge on any atom is -0.475 e. The van der Waals surface area contributed by atoms with E-state index in [1.54, 1.807) is 11.6 Å². The molecule has 0 radical (unpaired) electrons. The summed E-state index contributed by atoms with van der Waals surface area (Å²) in [5.41, 5.74) is 1.32. The Labute approximate surface area is 122 Å². The van der Waals surface area contributed by atoms with Crippen LogP contribution in [0.5, 0.6) is 0 Å². The quantitative estimate of drug-likeness (QED) is 0.915. The molecule has 2 heterocycles. The van der Waals surface area contributed by atoms with Crippen molar-refractivity contribution in [1.82, 2.24) is 9.78 Å². The molecular formula is C12H13ClN2O4S. The number of nitrogens with zero attached hydrogens (tertiary/aromatic N) is 2. The van der Waals surface area contributed by atoms with Crippen LogP contribution in [0, 0.1) is 6.92 Å². The van der Waals surface area contributed by atoms with Crippen LogP contribution < -0.4 is 0 Å². The van der Waals surface area contributed by atoms with Gasteiger partial charge in [-0.1, -0.05) is 11.6 Å². The standard InChI is InChI=1S/C12H13ClN2O4S/c1-3-15-8(11(13)7(2)14-15)6-20(18)10-5-4-9(19-10)12(16)17/h4-5H,3,6H2,1-2H3,(H,16,17). The molecule has 0 aliphatic heterocycles. The summed E-state index contributed by atoms with van der Waals surface area (Å²) in [5, 5.41) is 13.6. The zero-order valence-corrected chi connectivity index (χ0v) is 12.5. The van der Waals surface area contributed by atoms with Crippen LogP contribution in [0.25, 0.3) is 0 Å². The molecule has 0 aliphatic rings. The average Bonchev–Trinajstić information content (AvgIpc) is 2.99. The highest BCUT2D eigenvalue weighted by atomic mass is 35.5. The third-order valence-electron chi connectivity index (χ3n) is 2.74. The van der Waals surface area contributed by atoms with Gasteiger partial charge in [-0.25, -0.2) is 4.79 Å². The Balaban J connectivity index is 2.25. The van der Waals surface area contributed by atoms with Gasteiger partial charge in [-0.3, -0.25) is 8.89 Å². The van der Waals surface area contributed by atoms with Crippen LogP contribution in [0.4, 0.5) is 0 Å². The summed E-state index contributed by atoms with van der Waals surface area (Å²) in [5.74, 6) is -1.31. The minimum absolute atomic E-state index is 0.111. The van der Waals surface area contributed by atoms with E-state index in [2.05, 4.69) is 5.10 Å². The Morgan fingerprint density at radius 1 is 1.55 bits per heavy atom. The number of hydrogen-bond acceptors (Lipinski definition) is 4. The first-order valence-corrected chi connectivity index (χ1v) is 7.57. The van der Waals surface area contributed by atoms with Gasteiger partial charge in [0.25, 0.3) is 0 Å².